The first-order valence-electron chi connectivity index (χ1n) is 13.9. The number of benzene rings is 1. The third-order valence-corrected chi connectivity index (χ3v) is 7.52. The molecule has 0 bridgehead atoms. The number of aromatic nitrogens is 2. The number of nitrogens with one attached hydrogen (secondary N) is 1. The van der Waals surface area contributed by atoms with Crippen LogP contribution >= 0.6 is 0 Å². The van der Waals surface area contributed by atoms with Gasteiger partial charge in [-0.05, 0) is 49.8 Å². The highest BCUT2D eigenvalue weighted by Gasteiger charge is 2.21. The molecule has 1 fully saturated rings. The van der Waals surface area contributed by atoms with Crippen LogP contribution in [0.5, 0.6) is 5.75 Å². The fraction of sp³-hybridized carbons (Fsp3) is 0.643. The topological polar surface area (TPSA) is 114 Å². The molecule has 0 atom stereocenters. The van der Waals surface area contributed by atoms with Gasteiger partial charge in [0.1, 0.15) is 12.3 Å². The van der Waals surface area contributed by atoms with Crippen LogP contribution in [0.25, 0.3) is 10.9 Å². The van der Waals surface area contributed by atoms with Crippen LogP contribution in [0.3, 0.4) is 0 Å². The number of hydrogen-bond acceptors (Lipinski definition) is 6. The number of rotatable bonds is 14. The SMILES string of the molecule is O=C1Cn2c(nc3ccc(OCCCCCC(=O)N(CCO)CCCCC4CCCCC4)cc3c2=O)N1. The van der Waals surface area contributed by atoms with Crippen molar-refractivity contribution in [1.82, 2.24) is 14.5 Å². The van der Waals surface area contributed by atoms with Crippen molar-refractivity contribution < 1.29 is 19.4 Å². The Bertz CT molecular complexity index is 1130. The lowest BCUT2D eigenvalue weighted by Gasteiger charge is -2.24. The van der Waals surface area contributed by atoms with Crippen molar-refractivity contribution in [2.75, 3.05) is 31.6 Å². The van der Waals surface area contributed by atoms with Gasteiger partial charge in [0.05, 0.1) is 24.1 Å². The smallest absolute Gasteiger partial charge is 0.263 e. The van der Waals surface area contributed by atoms with Crippen LogP contribution in [0.4, 0.5) is 5.95 Å². The molecule has 0 saturated heterocycles. The third-order valence-electron chi connectivity index (χ3n) is 7.52. The van der Waals surface area contributed by atoms with Crippen LogP contribution in [0.15, 0.2) is 23.0 Å². The monoisotopic (exact) mass is 512 g/mol. The van der Waals surface area contributed by atoms with Gasteiger partial charge in [-0.3, -0.25) is 24.3 Å². The Morgan fingerprint density at radius 1 is 1.08 bits per heavy atom. The van der Waals surface area contributed by atoms with Crippen LogP contribution in [0.2, 0.25) is 0 Å². The summed E-state index contributed by atoms with van der Waals surface area (Å²) in [6.45, 7) is 1.62. The number of carbonyl (C=O) groups excluding carboxylic acids is 2. The van der Waals surface area contributed by atoms with Crippen LogP contribution in [0, 0.1) is 5.92 Å². The molecule has 1 aromatic carbocycles. The van der Waals surface area contributed by atoms with Gasteiger partial charge in [0.2, 0.25) is 17.8 Å². The number of aliphatic hydroxyl groups is 1. The van der Waals surface area contributed by atoms with Crippen molar-refractivity contribution in [2.24, 2.45) is 5.92 Å². The van der Waals surface area contributed by atoms with E-state index in [1.165, 1.54) is 43.1 Å². The molecule has 9 nitrogen and oxygen atoms in total. The van der Waals surface area contributed by atoms with E-state index in [4.69, 9.17) is 4.74 Å². The minimum absolute atomic E-state index is 0.00267. The standard InChI is InChI=1S/C28H40N4O5/c33-17-16-31(15-7-6-11-21-9-3-1-4-10-21)26(35)12-5-2-8-18-37-22-13-14-24-23(19-22)27(36)32-20-25(34)30-28(32)29-24/h13-14,19,21,33H,1-12,15-18,20H2,(H,29,30,34). The molecule has 4 rings (SSSR count). The molecule has 2 aliphatic rings. The molecule has 0 spiro atoms. The minimum atomic E-state index is -0.260. The van der Waals surface area contributed by atoms with E-state index in [9.17, 15) is 19.5 Å². The highest BCUT2D eigenvalue weighted by molar-refractivity contribution is 5.94. The second-order valence-corrected chi connectivity index (χ2v) is 10.3. The number of nitrogens with zero attached hydrogens (tertiary/aromatic N) is 3. The fourth-order valence-corrected chi connectivity index (χ4v) is 5.44. The van der Waals surface area contributed by atoms with Gasteiger partial charge in [-0.1, -0.05) is 44.9 Å². The van der Waals surface area contributed by atoms with E-state index >= 15 is 0 Å². The van der Waals surface area contributed by atoms with Gasteiger partial charge >= 0.3 is 0 Å². The van der Waals surface area contributed by atoms with Gasteiger partial charge in [-0.25, -0.2) is 4.98 Å². The summed E-state index contributed by atoms with van der Waals surface area (Å²) in [6, 6.07) is 5.17. The van der Waals surface area contributed by atoms with Crippen molar-refractivity contribution >= 4 is 28.7 Å². The molecule has 0 unspecified atom stereocenters. The number of amides is 2. The van der Waals surface area contributed by atoms with Crippen LogP contribution in [-0.4, -0.2) is 57.7 Å². The molecule has 202 valence electrons. The molecule has 0 radical (unpaired) electrons. The molecule has 1 aliphatic carbocycles. The minimum Gasteiger partial charge on any atom is -0.494 e. The molecule has 37 heavy (non-hydrogen) atoms. The maximum Gasteiger partial charge on any atom is 0.263 e. The van der Waals surface area contributed by atoms with Crippen molar-refractivity contribution in [2.45, 2.75) is 83.6 Å². The van der Waals surface area contributed by atoms with E-state index in [0.29, 0.717) is 36.2 Å². The first-order chi connectivity index (χ1) is 18.0. The second-order valence-electron chi connectivity index (χ2n) is 10.3. The van der Waals surface area contributed by atoms with E-state index in [0.717, 1.165) is 44.6 Å². The van der Waals surface area contributed by atoms with Gasteiger partial charge in [-0.2, -0.15) is 0 Å². The Labute approximate surface area is 218 Å². The van der Waals surface area contributed by atoms with E-state index in [2.05, 4.69) is 10.3 Å². The molecule has 2 aromatic rings. The van der Waals surface area contributed by atoms with E-state index < -0.39 is 0 Å². The summed E-state index contributed by atoms with van der Waals surface area (Å²) in [7, 11) is 0. The lowest BCUT2D eigenvalue weighted by Crippen LogP contribution is -2.34. The molecule has 2 heterocycles. The van der Waals surface area contributed by atoms with Crippen molar-refractivity contribution in [3.63, 3.8) is 0 Å². The lowest BCUT2D eigenvalue weighted by atomic mass is 9.86. The number of fused-ring (bicyclic) bond motifs is 2. The summed E-state index contributed by atoms with van der Waals surface area (Å²) in [4.78, 5) is 43.1. The summed E-state index contributed by atoms with van der Waals surface area (Å²) >= 11 is 0. The highest BCUT2D eigenvalue weighted by Crippen LogP contribution is 2.27. The summed E-state index contributed by atoms with van der Waals surface area (Å²) in [5.41, 5.74) is 0.259. The van der Waals surface area contributed by atoms with Gasteiger partial charge in [0.15, 0.2) is 0 Å². The van der Waals surface area contributed by atoms with Crippen molar-refractivity contribution in [1.29, 1.82) is 0 Å². The van der Waals surface area contributed by atoms with Crippen LogP contribution in [-0.2, 0) is 16.1 Å². The first-order valence-corrected chi connectivity index (χ1v) is 13.9. The van der Waals surface area contributed by atoms with Crippen molar-refractivity contribution in [3.05, 3.63) is 28.6 Å². The zero-order valence-corrected chi connectivity index (χ0v) is 21.8. The van der Waals surface area contributed by atoms with Crippen molar-refractivity contribution in [3.8, 4) is 5.75 Å². The molecule has 2 amide bonds. The molecule has 1 saturated carbocycles. The number of aliphatic hydroxyl groups excluding tert-OH is 1. The predicted molar refractivity (Wildman–Crippen MR) is 143 cm³/mol. The summed E-state index contributed by atoms with van der Waals surface area (Å²) in [6.07, 6.45) is 13.2. The normalized spacial score (nSPS) is 15.5. The Hall–Kier alpha value is -2.94. The molecule has 2 N–H and O–H groups in total. The Morgan fingerprint density at radius 3 is 2.73 bits per heavy atom. The fourth-order valence-electron chi connectivity index (χ4n) is 5.44. The number of anilines is 1. The van der Waals surface area contributed by atoms with Crippen LogP contribution in [0.1, 0.15) is 77.0 Å². The maximum absolute atomic E-state index is 12.7. The molecular weight excluding hydrogens is 472 g/mol. The lowest BCUT2D eigenvalue weighted by molar-refractivity contribution is -0.132. The van der Waals surface area contributed by atoms with Gasteiger partial charge < -0.3 is 14.7 Å². The third kappa shape index (κ3) is 7.53. The largest absolute Gasteiger partial charge is 0.494 e. The number of ether oxygens (including phenoxy) is 1. The Kier molecular flexibility index (Phi) is 9.93. The number of unbranched alkanes of at least 4 members (excludes halogenated alkanes) is 3. The van der Waals surface area contributed by atoms with Gasteiger partial charge in [0.25, 0.3) is 5.56 Å². The Balaban J connectivity index is 1.14. The molecule has 9 heteroatoms. The second kappa shape index (κ2) is 13.6. The number of hydrogen-bond donors (Lipinski definition) is 2. The molecule has 1 aromatic heterocycles. The quantitative estimate of drug-likeness (QED) is 0.372. The highest BCUT2D eigenvalue weighted by atomic mass is 16.5. The van der Waals surface area contributed by atoms with Gasteiger partial charge in [0, 0.05) is 19.5 Å². The summed E-state index contributed by atoms with van der Waals surface area (Å²) in [5, 5.41) is 12.4. The zero-order valence-electron chi connectivity index (χ0n) is 21.8. The number of carbonyl (C=O) groups is 2. The van der Waals surface area contributed by atoms with Gasteiger partial charge in [-0.15, -0.1) is 0 Å². The van der Waals surface area contributed by atoms with E-state index in [1.807, 2.05) is 4.90 Å². The first kappa shape index (κ1) is 27.1. The zero-order chi connectivity index (χ0) is 26.0. The molecule has 1 aliphatic heterocycles. The predicted octanol–water partition coefficient (Wildman–Crippen LogP) is 3.86. The Morgan fingerprint density at radius 2 is 1.92 bits per heavy atom. The van der Waals surface area contributed by atoms with E-state index in [-0.39, 0.29) is 36.5 Å². The molecular formula is C28H40N4O5. The average molecular weight is 513 g/mol. The average Bonchev–Trinajstić information content (AvgIpc) is 3.29. The van der Waals surface area contributed by atoms with Crippen LogP contribution < -0.4 is 15.6 Å². The summed E-state index contributed by atoms with van der Waals surface area (Å²) in [5.74, 6) is 1.61. The maximum atomic E-state index is 12.7. The summed E-state index contributed by atoms with van der Waals surface area (Å²) < 4.78 is 7.17. The van der Waals surface area contributed by atoms with E-state index in [1.54, 1.807) is 18.2 Å².